The second-order valence-electron chi connectivity index (χ2n) is 3.61. The number of ether oxygens (including phenoxy) is 2. The van der Waals surface area contributed by atoms with E-state index in [1.54, 1.807) is 0 Å². The highest BCUT2D eigenvalue weighted by Crippen LogP contribution is 2.33. The Morgan fingerprint density at radius 1 is 1.44 bits per heavy atom. The molecule has 1 N–H and O–H groups in total. The largest absolute Gasteiger partial charge is 0.486 e. The molecule has 1 atom stereocenters. The Hall–Kier alpha value is -1.27. The Morgan fingerprint density at radius 3 is 2.81 bits per heavy atom. The van der Waals surface area contributed by atoms with E-state index in [0.29, 0.717) is 11.5 Å². The van der Waals surface area contributed by atoms with Crippen LogP contribution in [0.25, 0.3) is 0 Å². The van der Waals surface area contributed by atoms with Crippen molar-refractivity contribution in [1.29, 1.82) is 0 Å². The summed E-state index contributed by atoms with van der Waals surface area (Å²) in [6.07, 6.45) is 0.742. The van der Waals surface area contributed by atoms with Crippen LogP contribution in [0.15, 0.2) is 23.1 Å². The summed E-state index contributed by atoms with van der Waals surface area (Å²) in [7, 11) is -3.24. The summed E-state index contributed by atoms with van der Waals surface area (Å²) in [5.74, 6) is 0.852. The molecule has 0 aliphatic carbocycles. The van der Waals surface area contributed by atoms with E-state index in [4.69, 9.17) is 14.6 Å². The first-order valence-electron chi connectivity index (χ1n) is 4.75. The molecule has 1 aliphatic heterocycles. The average Bonchev–Trinajstić information content (AvgIpc) is 2.26. The van der Waals surface area contributed by atoms with E-state index < -0.39 is 15.9 Å². The highest BCUT2D eigenvalue weighted by molar-refractivity contribution is 7.90. The van der Waals surface area contributed by atoms with Crippen LogP contribution in [0.2, 0.25) is 0 Å². The highest BCUT2D eigenvalue weighted by atomic mass is 32.2. The monoisotopic (exact) mass is 244 g/mol. The number of aliphatic hydroxyl groups excluding tert-OH is 1. The third kappa shape index (κ3) is 2.12. The Kier molecular flexibility index (Phi) is 2.77. The van der Waals surface area contributed by atoms with Crippen LogP contribution in [0.4, 0.5) is 0 Å². The van der Waals surface area contributed by atoms with Crippen molar-refractivity contribution < 1.29 is 23.0 Å². The number of sulfone groups is 1. The highest BCUT2D eigenvalue weighted by Gasteiger charge is 2.21. The summed E-state index contributed by atoms with van der Waals surface area (Å²) >= 11 is 0. The zero-order valence-corrected chi connectivity index (χ0v) is 9.53. The molecule has 0 bridgehead atoms. The summed E-state index contributed by atoms with van der Waals surface area (Å²) in [5, 5.41) is 8.90. The molecule has 88 valence electrons. The lowest BCUT2D eigenvalue weighted by Crippen LogP contribution is -2.32. The molecular formula is C10H12O5S. The van der Waals surface area contributed by atoms with Crippen molar-refractivity contribution in [2.24, 2.45) is 0 Å². The second kappa shape index (κ2) is 3.95. The van der Waals surface area contributed by atoms with Gasteiger partial charge in [-0.05, 0) is 12.1 Å². The standard InChI is InChI=1S/C10H12O5S/c1-16(12,13)8-2-3-9-10(4-8)14-6-7(5-11)15-9/h2-4,7,11H,5-6H2,1H3. The number of hydrogen-bond acceptors (Lipinski definition) is 5. The lowest BCUT2D eigenvalue weighted by atomic mass is 10.2. The van der Waals surface area contributed by atoms with Gasteiger partial charge in [0, 0.05) is 12.3 Å². The smallest absolute Gasteiger partial charge is 0.175 e. The van der Waals surface area contributed by atoms with E-state index in [2.05, 4.69) is 0 Å². The number of hydrogen-bond donors (Lipinski definition) is 1. The Bertz CT molecular complexity index is 494. The normalized spacial score (nSPS) is 19.5. The second-order valence-corrected chi connectivity index (χ2v) is 5.63. The number of rotatable bonds is 2. The number of benzene rings is 1. The summed E-state index contributed by atoms with van der Waals surface area (Å²) in [4.78, 5) is 0.192. The van der Waals surface area contributed by atoms with Crippen LogP contribution in [0.1, 0.15) is 0 Å². The van der Waals surface area contributed by atoms with Gasteiger partial charge in [-0.2, -0.15) is 0 Å². The van der Waals surface area contributed by atoms with Crippen molar-refractivity contribution >= 4 is 9.84 Å². The SMILES string of the molecule is CS(=O)(=O)c1ccc2c(c1)OCC(CO)O2. The fraction of sp³-hybridized carbons (Fsp3) is 0.400. The molecule has 1 aromatic rings. The lowest BCUT2D eigenvalue weighted by Gasteiger charge is -2.25. The zero-order valence-electron chi connectivity index (χ0n) is 8.71. The molecule has 1 heterocycles. The van der Waals surface area contributed by atoms with Gasteiger partial charge in [0.15, 0.2) is 27.4 Å². The van der Waals surface area contributed by atoms with E-state index in [-0.39, 0.29) is 18.1 Å². The maximum absolute atomic E-state index is 11.3. The summed E-state index contributed by atoms with van der Waals surface area (Å²) in [6.45, 7) is 0.0873. The van der Waals surface area contributed by atoms with Crippen LogP contribution in [0.3, 0.4) is 0 Å². The quantitative estimate of drug-likeness (QED) is 0.805. The van der Waals surface area contributed by atoms with Gasteiger partial charge < -0.3 is 14.6 Å². The van der Waals surface area contributed by atoms with Crippen molar-refractivity contribution in [1.82, 2.24) is 0 Å². The molecule has 16 heavy (non-hydrogen) atoms. The van der Waals surface area contributed by atoms with E-state index in [9.17, 15) is 8.42 Å². The van der Waals surface area contributed by atoms with Crippen LogP contribution in [0.5, 0.6) is 11.5 Å². The molecule has 0 amide bonds. The molecule has 0 radical (unpaired) electrons. The molecule has 1 aliphatic rings. The molecule has 1 aromatic carbocycles. The van der Waals surface area contributed by atoms with Crippen LogP contribution < -0.4 is 9.47 Å². The molecule has 1 unspecified atom stereocenters. The van der Waals surface area contributed by atoms with Crippen LogP contribution in [-0.4, -0.2) is 39.1 Å². The predicted molar refractivity (Wildman–Crippen MR) is 56.5 cm³/mol. The Labute approximate surface area is 93.5 Å². The van der Waals surface area contributed by atoms with Gasteiger partial charge in [0.25, 0.3) is 0 Å². The number of fused-ring (bicyclic) bond motifs is 1. The third-order valence-electron chi connectivity index (χ3n) is 2.27. The molecule has 0 saturated carbocycles. The molecule has 5 nitrogen and oxygen atoms in total. The van der Waals surface area contributed by atoms with Gasteiger partial charge >= 0.3 is 0 Å². The maximum Gasteiger partial charge on any atom is 0.175 e. The van der Waals surface area contributed by atoms with Gasteiger partial charge in [-0.25, -0.2) is 8.42 Å². The fourth-order valence-corrected chi connectivity index (χ4v) is 2.05. The van der Waals surface area contributed by atoms with Gasteiger partial charge in [0.1, 0.15) is 6.61 Å². The molecule has 0 fully saturated rings. The van der Waals surface area contributed by atoms with Crippen LogP contribution >= 0.6 is 0 Å². The minimum Gasteiger partial charge on any atom is -0.486 e. The minimum atomic E-state index is -3.24. The average molecular weight is 244 g/mol. The van der Waals surface area contributed by atoms with E-state index in [1.165, 1.54) is 18.2 Å². The van der Waals surface area contributed by atoms with E-state index in [0.717, 1.165) is 6.26 Å². The lowest BCUT2D eigenvalue weighted by molar-refractivity contribution is 0.0454. The van der Waals surface area contributed by atoms with Crippen molar-refractivity contribution in [2.45, 2.75) is 11.0 Å². The van der Waals surface area contributed by atoms with Gasteiger partial charge in [-0.1, -0.05) is 0 Å². The predicted octanol–water partition coefficient (Wildman–Crippen LogP) is 0.222. The van der Waals surface area contributed by atoms with Crippen molar-refractivity contribution in [3.63, 3.8) is 0 Å². The summed E-state index contributed by atoms with van der Waals surface area (Å²) < 4.78 is 33.3. The molecule has 0 saturated heterocycles. The fourth-order valence-electron chi connectivity index (χ4n) is 1.42. The maximum atomic E-state index is 11.3. The Morgan fingerprint density at radius 2 is 2.19 bits per heavy atom. The third-order valence-corrected chi connectivity index (χ3v) is 3.38. The van der Waals surface area contributed by atoms with Gasteiger partial charge in [-0.3, -0.25) is 0 Å². The first-order valence-corrected chi connectivity index (χ1v) is 6.64. The number of aliphatic hydroxyl groups is 1. The molecule has 2 rings (SSSR count). The van der Waals surface area contributed by atoms with Crippen LogP contribution in [0, 0.1) is 0 Å². The Balaban J connectivity index is 2.35. The molecular weight excluding hydrogens is 232 g/mol. The van der Waals surface area contributed by atoms with Gasteiger partial charge in [-0.15, -0.1) is 0 Å². The summed E-state index contributed by atoms with van der Waals surface area (Å²) in [6, 6.07) is 4.42. The van der Waals surface area contributed by atoms with E-state index in [1.807, 2.05) is 0 Å². The molecule has 0 aromatic heterocycles. The van der Waals surface area contributed by atoms with Crippen molar-refractivity contribution in [3.05, 3.63) is 18.2 Å². The van der Waals surface area contributed by atoms with Gasteiger partial charge in [0.2, 0.25) is 0 Å². The van der Waals surface area contributed by atoms with Crippen molar-refractivity contribution in [2.75, 3.05) is 19.5 Å². The van der Waals surface area contributed by atoms with Crippen LogP contribution in [-0.2, 0) is 9.84 Å². The first-order chi connectivity index (χ1) is 7.50. The first kappa shape index (κ1) is 11.2. The van der Waals surface area contributed by atoms with E-state index >= 15 is 0 Å². The van der Waals surface area contributed by atoms with Crippen molar-refractivity contribution in [3.8, 4) is 11.5 Å². The van der Waals surface area contributed by atoms with Gasteiger partial charge in [0.05, 0.1) is 11.5 Å². The molecule has 0 spiro atoms. The summed E-state index contributed by atoms with van der Waals surface area (Å²) in [5.41, 5.74) is 0. The topological polar surface area (TPSA) is 72.8 Å². The zero-order chi connectivity index (χ0) is 11.8. The molecule has 6 heteroatoms. The minimum absolute atomic E-state index is 0.132.